The lowest BCUT2D eigenvalue weighted by molar-refractivity contribution is -0.123. The standard InChI is InChI=1S/C20H19FN4O2/c1-14-19(15(2)25(24-14)17-6-4-3-5-7-17)12-22-23-20(26)13-27-18-10-8-16(21)9-11-18/h3-12H,13H2,1-2H3,(H,23,26)/b22-12-. The fourth-order valence-corrected chi connectivity index (χ4v) is 2.54. The number of hydrazone groups is 1. The Labute approximate surface area is 156 Å². The van der Waals surface area contributed by atoms with E-state index in [1.807, 2.05) is 48.9 Å². The van der Waals surface area contributed by atoms with Gasteiger partial charge in [0.1, 0.15) is 11.6 Å². The van der Waals surface area contributed by atoms with Gasteiger partial charge in [0.15, 0.2) is 6.61 Å². The second-order valence-corrected chi connectivity index (χ2v) is 5.87. The maximum Gasteiger partial charge on any atom is 0.277 e. The van der Waals surface area contributed by atoms with Crippen LogP contribution >= 0.6 is 0 Å². The summed E-state index contributed by atoms with van der Waals surface area (Å²) in [5.41, 5.74) is 5.91. The summed E-state index contributed by atoms with van der Waals surface area (Å²) in [5.74, 6) is -0.370. The van der Waals surface area contributed by atoms with Crippen LogP contribution in [0.15, 0.2) is 59.7 Å². The third-order valence-electron chi connectivity index (χ3n) is 3.91. The number of halogens is 1. The highest BCUT2D eigenvalue weighted by atomic mass is 19.1. The summed E-state index contributed by atoms with van der Waals surface area (Å²) in [5, 5.41) is 8.50. The van der Waals surface area contributed by atoms with E-state index >= 15 is 0 Å². The Bertz CT molecular complexity index is 950. The van der Waals surface area contributed by atoms with Gasteiger partial charge in [-0.15, -0.1) is 0 Å². The molecular weight excluding hydrogens is 347 g/mol. The average Bonchev–Trinajstić information content (AvgIpc) is 2.96. The minimum Gasteiger partial charge on any atom is -0.484 e. The summed E-state index contributed by atoms with van der Waals surface area (Å²) in [6.45, 7) is 3.60. The number of para-hydroxylation sites is 1. The minimum absolute atomic E-state index is 0.218. The number of nitrogens with one attached hydrogen (secondary N) is 1. The fourth-order valence-electron chi connectivity index (χ4n) is 2.54. The van der Waals surface area contributed by atoms with Gasteiger partial charge in [-0.25, -0.2) is 14.5 Å². The van der Waals surface area contributed by atoms with E-state index in [9.17, 15) is 9.18 Å². The number of rotatable bonds is 6. The molecule has 1 amide bonds. The number of amides is 1. The Hall–Kier alpha value is -3.48. The van der Waals surface area contributed by atoms with Crippen LogP contribution in [0.1, 0.15) is 17.0 Å². The highest BCUT2D eigenvalue weighted by Crippen LogP contribution is 2.16. The largest absolute Gasteiger partial charge is 0.484 e. The number of hydrogen-bond acceptors (Lipinski definition) is 4. The summed E-state index contributed by atoms with van der Waals surface area (Å²) in [6, 6.07) is 15.2. The van der Waals surface area contributed by atoms with Crippen LogP contribution in [0, 0.1) is 19.7 Å². The molecule has 3 rings (SSSR count). The molecule has 27 heavy (non-hydrogen) atoms. The first-order valence-electron chi connectivity index (χ1n) is 8.36. The molecule has 138 valence electrons. The molecule has 2 aromatic carbocycles. The maximum absolute atomic E-state index is 12.8. The Morgan fingerprint density at radius 1 is 1.19 bits per heavy atom. The van der Waals surface area contributed by atoms with Gasteiger partial charge in [0.2, 0.25) is 0 Å². The number of hydrogen-bond donors (Lipinski definition) is 1. The highest BCUT2D eigenvalue weighted by molar-refractivity contribution is 5.85. The SMILES string of the molecule is Cc1nn(-c2ccccc2)c(C)c1/C=N\NC(=O)COc1ccc(F)cc1. The second kappa shape index (κ2) is 8.27. The third-order valence-corrected chi connectivity index (χ3v) is 3.91. The predicted octanol–water partition coefficient (Wildman–Crippen LogP) is 3.16. The van der Waals surface area contributed by atoms with Crippen molar-refractivity contribution < 1.29 is 13.9 Å². The predicted molar refractivity (Wildman–Crippen MR) is 101 cm³/mol. The van der Waals surface area contributed by atoms with Gasteiger partial charge < -0.3 is 4.74 Å². The van der Waals surface area contributed by atoms with E-state index < -0.39 is 5.91 Å². The van der Waals surface area contributed by atoms with Crippen LogP contribution in [0.3, 0.4) is 0 Å². The van der Waals surface area contributed by atoms with Gasteiger partial charge in [0.25, 0.3) is 5.91 Å². The van der Waals surface area contributed by atoms with Gasteiger partial charge in [-0.2, -0.15) is 10.2 Å². The number of benzene rings is 2. The lowest BCUT2D eigenvalue weighted by Crippen LogP contribution is -2.24. The second-order valence-electron chi connectivity index (χ2n) is 5.87. The number of carbonyl (C=O) groups is 1. The Balaban J connectivity index is 1.60. The molecule has 0 spiro atoms. The minimum atomic E-state index is -0.415. The fraction of sp³-hybridized carbons (Fsp3) is 0.150. The van der Waals surface area contributed by atoms with Crippen molar-refractivity contribution in [2.45, 2.75) is 13.8 Å². The average molecular weight is 366 g/mol. The first-order valence-corrected chi connectivity index (χ1v) is 8.36. The Kier molecular flexibility index (Phi) is 5.61. The van der Waals surface area contributed by atoms with Crippen molar-refractivity contribution in [2.24, 2.45) is 5.10 Å². The van der Waals surface area contributed by atoms with Crippen LogP contribution in [0.2, 0.25) is 0 Å². The number of carbonyl (C=O) groups excluding carboxylic acids is 1. The first kappa shape index (κ1) is 18.3. The summed E-state index contributed by atoms with van der Waals surface area (Å²) in [4.78, 5) is 11.8. The molecule has 1 aromatic heterocycles. The van der Waals surface area contributed by atoms with E-state index in [0.29, 0.717) is 5.75 Å². The van der Waals surface area contributed by atoms with Gasteiger partial charge in [0.05, 0.1) is 23.3 Å². The molecule has 1 N–H and O–H groups in total. The van der Waals surface area contributed by atoms with Gasteiger partial charge in [-0.1, -0.05) is 18.2 Å². The molecule has 0 unspecified atom stereocenters. The lowest BCUT2D eigenvalue weighted by atomic mass is 10.2. The molecule has 0 fully saturated rings. The smallest absolute Gasteiger partial charge is 0.277 e. The van der Waals surface area contributed by atoms with E-state index in [4.69, 9.17) is 4.74 Å². The zero-order valence-electron chi connectivity index (χ0n) is 15.0. The number of nitrogens with zero attached hydrogens (tertiary/aromatic N) is 3. The van der Waals surface area contributed by atoms with Crippen molar-refractivity contribution in [3.63, 3.8) is 0 Å². The first-order chi connectivity index (χ1) is 13.0. The summed E-state index contributed by atoms with van der Waals surface area (Å²) in [6.07, 6.45) is 1.56. The van der Waals surface area contributed by atoms with Crippen LogP contribution in [0.4, 0.5) is 4.39 Å². The Morgan fingerprint density at radius 3 is 2.59 bits per heavy atom. The monoisotopic (exact) mass is 366 g/mol. The van der Waals surface area contributed by atoms with Crippen molar-refractivity contribution in [3.8, 4) is 11.4 Å². The molecule has 0 saturated carbocycles. The van der Waals surface area contributed by atoms with Gasteiger partial charge in [-0.05, 0) is 50.2 Å². The zero-order valence-corrected chi connectivity index (χ0v) is 15.0. The normalized spacial score (nSPS) is 10.9. The van der Waals surface area contributed by atoms with Crippen molar-refractivity contribution >= 4 is 12.1 Å². The number of aryl methyl sites for hydroxylation is 1. The molecule has 0 aliphatic carbocycles. The van der Waals surface area contributed by atoms with Crippen molar-refractivity contribution in [1.29, 1.82) is 0 Å². The van der Waals surface area contributed by atoms with Gasteiger partial charge in [0, 0.05) is 5.56 Å². The summed E-state index contributed by atoms with van der Waals surface area (Å²) < 4.78 is 19.9. The van der Waals surface area contributed by atoms with E-state index in [1.54, 1.807) is 6.21 Å². The van der Waals surface area contributed by atoms with Crippen molar-refractivity contribution in [3.05, 3.63) is 77.4 Å². The third kappa shape index (κ3) is 4.58. The molecule has 0 bridgehead atoms. The number of aromatic nitrogens is 2. The van der Waals surface area contributed by atoms with Gasteiger partial charge >= 0.3 is 0 Å². The van der Waals surface area contributed by atoms with E-state index in [-0.39, 0.29) is 12.4 Å². The molecule has 0 saturated heterocycles. The molecule has 0 aliphatic heterocycles. The van der Waals surface area contributed by atoms with Crippen molar-refractivity contribution in [2.75, 3.05) is 6.61 Å². The van der Waals surface area contributed by atoms with E-state index in [2.05, 4.69) is 15.6 Å². The molecule has 7 heteroatoms. The highest BCUT2D eigenvalue weighted by Gasteiger charge is 2.11. The van der Waals surface area contributed by atoms with E-state index in [1.165, 1.54) is 24.3 Å². The molecule has 0 radical (unpaired) electrons. The van der Waals surface area contributed by atoms with Crippen LogP contribution in [-0.4, -0.2) is 28.5 Å². The van der Waals surface area contributed by atoms with Crippen LogP contribution in [0.5, 0.6) is 5.75 Å². The molecule has 6 nitrogen and oxygen atoms in total. The molecule has 1 heterocycles. The lowest BCUT2D eigenvalue weighted by Gasteiger charge is -2.05. The molecule has 0 atom stereocenters. The number of ether oxygens (including phenoxy) is 1. The summed E-state index contributed by atoms with van der Waals surface area (Å²) in [7, 11) is 0. The molecular formula is C20H19FN4O2. The van der Waals surface area contributed by atoms with E-state index in [0.717, 1.165) is 22.6 Å². The van der Waals surface area contributed by atoms with Crippen LogP contribution < -0.4 is 10.2 Å². The van der Waals surface area contributed by atoms with Crippen molar-refractivity contribution in [1.82, 2.24) is 15.2 Å². The molecule has 3 aromatic rings. The zero-order chi connectivity index (χ0) is 19.2. The topological polar surface area (TPSA) is 68.5 Å². The summed E-state index contributed by atoms with van der Waals surface area (Å²) >= 11 is 0. The molecule has 0 aliphatic rings. The van der Waals surface area contributed by atoms with Crippen LogP contribution in [0.25, 0.3) is 5.69 Å². The van der Waals surface area contributed by atoms with Gasteiger partial charge in [-0.3, -0.25) is 4.79 Å². The maximum atomic E-state index is 12.8. The quantitative estimate of drug-likeness (QED) is 0.538. The Morgan fingerprint density at radius 2 is 1.89 bits per heavy atom. The van der Waals surface area contributed by atoms with Crippen LogP contribution in [-0.2, 0) is 4.79 Å².